The summed E-state index contributed by atoms with van der Waals surface area (Å²) in [6.45, 7) is -5.38. The highest BCUT2D eigenvalue weighted by Crippen LogP contribution is 2.35. The highest BCUT2D eigenvalue weighted by molar-refractivity contribution is 4.98. The smallest absolute Gasteiger partial charge is 0.187 e. The number of ether oxygens (including phenoxy) is 12. The zero-order valence-electron chi connectivity index (χ0n) is 36.5. The topological polar surface area (TPSA) is 495 Å². The van der Waals surface area contributed by atoms with Crippen LogP contribution in [0, 0.1) is 0 Å². The molecule has 6 aliphatic rings. The molecule has 404 valence electrons. The molecule has 6 aliphatic heterocycles. The van der Waals surface area contributed by atoms with Crippen LogP contribution >= 0.6 is 0 Å². The second kappa shape index (κ2) is 25.3. The molecule has 31 heteroatoms. The summed E-state index contributed by atoms with van der Waals surface area (Å²) in [6, 6.07) is 0. The first kappa shape index (κ1) is 57.0. The first-order valence-corrected chi connectivity index (χ1v) is 22.1. The molecule has 69 heavy (non-hydrogen) atoms. The van der Waals surface area contributed by atoms with E-state index >= 15 is 0 Å². The van der Waals surface area contributed by atoms with Crippen molar-refractivity contribution in [2.45, 2.75) is 191 Å². The van der Waals surface area contributed by atoms with E-state index in [4.69, 9.17) is 56.8 Å². The predicted molar refractivity (Wildman–Crippen MR) is 208 cm³/mol. The Balaban J connectivity index is 1.16. The summed E-state index contributed by atoms with van der Waals surface area (Å²) in [7, 11) is 0. The Hall–Kier alpha value is -1.24. The van der Waals surface area contributed by atoms with Gasteiger partial charge in [-0.15, -0.1) is 0 Å². The van der Waals surface area contributed by atoms with E-state index in [0.717, 1.165) is 0 Å². The normalized spacial score (nSPS) is 50.5. The van der Waals surface area contributed by atoms with E-state index in [1.54, 1.807) is 0 Å². The van der Waals surface area contributed by atoms with Crippen LogP contribution in [0.2, 0.25) is 0 Å². The molecule has 0 saturated carbocycles. The van der Waals surface area contributed by atoms with Crippen LogP contribution in [0.4, 0.5) is 0 Å². The molecule has 0 amide bonds. The second-order valence-electron chi connectivity index (χ2n) is 17.4. The maximum Gasteiger partial charge on any atom is 0.187 e. The molecule has 1 unspecified atom stereocenters. The lowest BCUT2D eigenvalue weighted by Gasteiger charge is -2.47. The number of aliphatic hydroxyl groups is 19. The summed E-state index contributed by atoms with van der Waals surface area (Å²) in [4.78, 5) is 0. The number of aliphatic hydroxyl groups excluding tert-OH is 19. The highest BCUT2D eigenvalue weighted by atomic mass is 16.8. The molecular weight excluding hydrogens is 952 g/mol. The summed E-state index contributed by atoms with van der Waals surface area (Å²) in [5.74, 6) is 0. The standard InChI is InChI=1S/C38H66O31/c39-3-10-1-12(43)19(46)35(60-10)68-31-16(64-37(27(54)23(31)50)66-29-14(5-41)62-33(56)25(52)21(29)48)7-58-9-18(45)59-8-17-32(69-36-20(47)13(44)2-11(4-40)61-36)24(51)28(55)38(65-17)67-30-15(6-42)63-34(57)26(53)22(30)49/h10-57H,1-9H2/t10-,11-,12-,13-,14-,15+,16-,17+,18?,19+,20+,21-,22+,23-,24+,25-,26+,27-,28+,29-,30+,31-,32+,33+,34-,35+,36+,37-,38+/m0/s1. The Morgan fingerprint density at radius 2 is 0.725 bits per heavy atom. The lowest BCUT2D eigenvalue weighted by Crippen LogP contribution is -2.66. The first-order valence-electron chi connectivity index (χ1n) is 22.1. The fourth-order valence-corrected chi connectivity index (χ4v) is 8.56. The minimum Gasteiger partial charge on any atom is -0.394 e. The molecule has 29 atom stereocenters. The van der Waals surface area contributed by atoms with Gasteiger partial charge in [-0.25, -0.2) is 0 Å². The molecule has 0 aromatic heterocycles. The monoisotopic (exact) mass is 1020 g/mol. The van der Waals surface area contributed by atoms with Crippen LogP contribution in [-0.2, 0) is 56.8 Å². The Morgan fingerprint density at radius 1 is 0.377 bits per heavy atom. The van der Waals surface area contributed by atoms with Gasteiger partial charge in [-0.3, -0.25) is 0 Å². The largest absolute Gasteiger partial charge is 0.394 e. The fraction of sp³-hybridized carbons (Fsp3) is 1.00. The molecule has 0 radical (unpaired) electrons. The molecule has 19 N–H and O–H groups in total. The van der Waals surface area contributed by atoms with Crippen molar-refractivity contribution in [2.24, 2.45) is 0 Å². The minimum atomic E-state index is -2.10. The quantitative estimate of drug-likeness (QED) is 0.0534. The summed E-state index contributed by atoms with van der Waals surface area (Å²) in [5.41, 5.74) is 0. The third kappa shape index (κ3) is 13.2. The number of rotatable bonds is 19. The van der Waals surface area contributed by atoms with E-state index in [1.165, 1.54) is 0 Å². The fourth-order valence-electron chi connectivity index (χ4n) is 8.56. The third-order valence-corrected chi connectivity index (χ3v) is 12.5. The van der Waals surface area contributed by atoms with E-state index < -0.39 is 225 Å². The zero-order valence-corrected chi connectivity index (χ0v) is 36.5. The molecule has 0 aliphatic carbocycles. The molecule has 0 bridgehead atoms. The Labute approximate surface area is 391 Å². The van der Waals surface area contributed by atoms with Gasteiger partial charge in [0.25, 0.3) is 0 Å². The van der Waals surface area contributed by atoms with Crippen molar-refractivity contribution in [3.8, 4) is 0 Å². The Bertz CT molecular complexity index is 1520. The molecule has 6 fully saturated rings. The van der Waals surface area contributed by atoms with Gasteiger partial charge in [-0.1, -0.05) is 0 Å². The van der Waals surface area contributed by atoms with Crippen LogP contribution in [0.15, 0.2) is 0 Å². The van der Waals surface area contributed by atoms with Crippen LogP contribution in [0.1, 0.15) is 12.8 Å². The van der Waals surface area contributed by atoms with E-state index in [9.17, 15) is 97.0 Å². The van der Waals surface area contributed by atoms with Gasteiger partial charge in [0.2, 0.25) is 0 Å². The number of hydrogen-bond acceptors (Lipinski definition) is 31. The van der Waals surface area contributed by atoms with Crippen molar-refractivity contribution >= 4 is 0 Å². The van der Waals surface area contributed by atoms with Crippen LogP contribution in [0.25, 0.3) is 0 Å². The first-order chi connectivity index (χ1) is 32.7. The molecule has 6 rings (SSSR count). The van der Waals surface area contributed by atoms with E-state index in [0.29, 0.717) is 0 Å². The predicted octanol–water partition coefficient (Wildman–Crippen LogP) is -12.7. The summed E-state index contributed by atoms with van der Waals surface area (Å²) >= 11 is 0. The molecular formula is C38H66O31. The van der Waals surface area contributed by atoms with Gasteiger partial charge in [0.15, 0.2) is 44.0 Å². The van der Waals surface area contributed by atoms with Crippen molar-refractivity contribution in [3.63, 3.8) is 0 Å². The van der Waals surface area contributed by atoms with Crippen LogP contribution < -0.4 is 0 Å². The van der Waals surface area contributed by atoms with Crippen LogP contribution in [-0.4, -0.2) is 322 Å². The maximum atomic E-state index is 11.3. The van der Waals surface area contributed by atoms with Gasteiger partial charge in [0.1, 0.15) is 110 Å². The van der Waals surface area contributed by atoms with Gasteiger partial charge < -0.3 is 154 Å². The molecule has 0 aromatic carbocycles. The lowest BCUT2D eigenvalue weighted by atomic mass is 9.96. The molecule has 0 spiro atoms. The Kier molecular flexibility index (Phi) is 20.9. The number of hydrogen-bond donors (Lipinski definition) is 19. The van der Waals surface area contributed by atoms with E-state index in [2.05, 4.69) is 0 Å². The zero-order chi connectivity index (χ0) is 50.6. The van der Waals surface area contributed by atoms with Gasteiger partial charge in [0.05, 0.1) is 70.7 Å². The van der Waals surface area contributed by atoms with Gasteiger partial charge in [-0.05, 0) is 0 Å². The molecule has 31 nitrogen and oxygen atoms in total. The molecule has 6 heterocycles. The van der Waals surface area contributed by atoms with Crippen molar-refractivity contribution in [2.75, 3.05) is 46.2 Å². The average molecular weight is 1020 g/mol. The lowest BCUT2D eigenvalue weighted by molar-refractivity contribution is -0.377. The minimum absolute atomic E-state index is 0.212. The maximum absolute atomic E-state index is 11.3. The van der Waals surface area contributed by atoms with Crippen molar-refractivity contribution in [3.05, 3.63) is 0 Å². The van der Waals surface area contributed by atoms with Gasteiger partial charge in [-0.2, -0.15) is 0 Å². The summed E-state index contributed by atoms with van der Waals surface area (Å²) in [5, 5.41) is 199. The second-order valence-corrected chi connectivity index (χ2v) is 17.4. The van der Waals surface area contributed by atoms with Crippen LogP contribution in [0.5, 0.6) is 0 Å². The van der Waals surface area contributed by atoms with Crippen molar-refractivity contribution in [1.29, 1.82) is 0 Å². The summed E-state index contributed by atoms with van der Waals surface area (Å²) in [6.07, 6.45) is -51.8. The van der Waals surface area contributed by atoms with E-state index in [-0.39, 0.29) is 12.8 Å². The SMILES string of the molecule is OC[C@@H]1C[C@H](O)[C@@H](O)[C@@H](O[C@@H]2[C@@H](O)[C@H](O)[C@H](O[C@@H]3[C@@H](O)[C@H](O)[C@H](O)O[C@H]3CO)O[C@H]2COCC(O)OC[C@H]2O[C@H](O[C@H]3[C@H](O)[C@@H](O)[C@@H](O)O[C@@H]3CO)[C@H](O)[C@@H](O)[C@@H]2O[C@H]2O[C@H](CO)C[C@H](O)[C@H]2O)O1. The van der Waals surface area contributed by atoms with Crippen molar-refractivity contribution < 1.29 is 154 Å². The average Bonchev–Trinajstić information content (AvgIpc) is 3.33. The van der Waals surface area contributed by atoms with Gasteiger partial charge in [0, 0.05) is 12.8 Å². The molecule has 0 aromatic rings. The van der Waals surface area contributed by atoms with Crippen LogP contribution in [0.3, 0.4) is 0 Å². The van der Waals surface area contributed by atoms with E-state index in [1.807, 2.05) is 0 Å². The molecule has 6 saturated heterocycles. The van der Waals surface area contributed by atoms with Gasteiger partial charge >= 0.3 is 0 Å². The highest BCUT2D eigenvalue weighted by Gasteiger charge is 2.55. The summed E-state index contributed by atoms with van der Waals surface area (Å²) < 4.78 is 66.8. The third-order valence-electron chi connectivity index (χ3n) is 12.5. The van der Waals surface area contributed by atoms with Crippen molar-refractivity contribution in [1.82, 2.24) is 0 Å². The Morgan fingerprint density at radius 3 is 1.10 bits per heavy atom.